The van der Waals surface area contributed by atoms with Crippen LogP contribution in [0.3, 0.4) is 0 Å². The standard InChI is InChI=1S/C19H21NO2/c1-4-18(21)20-19(2,3)16-10-12-17(13-11-16)22-14-15-8-6-5-7-9-15/h4-13H,1,14H2,2-3H3,(H,20,21). The molecule has 0 heterocycles. The van der Waals surface area contributed by atoms with Crippen LogP contribution in [0, 0.1) is 0 Å². The summed E-state index contributed by atoms with van der Waals surface area (Å²) in [5.74, 6) is 0.618. The number of rotatable bonds is 6. The van der Waals surface area contributed by atoms with Gasteiger partial charge in [0.05, 0.1) is 5.54 Å². The van der Waals surface area contributed by atoms with E-state index >= 15 is 0 Å². The molecule has 22 heavy (non-hydrogen) atoms. The minimum Gasteiger partial charge on any atom is -0.489 e. The molecule has 114 valence electrons. The minimum atomic E-state index is -0.455. The van der Waals surface area contributed by atoms with E-state index in [9.17, 15) is 4.79 Å². The molecule has 1 N–H and O–H groups in total. The summed E-state index contributed by atoms with van der Waals surface area (Å²) in [4.78, 5) is 11.5. The molecule has 0 atom stereocenters. The van der Waals surface area contributed by atoms with Gasteiger partial charge in [-0.3, -0.25) is 4.79 Å². The van der Waals surface area contributed by atoms with Crippen LogP contribution in [0.15, 0.2) is 67.3 Å². The van der Waals surface area contributed by atoms with Crippen molar-refractivity contribution in [3.05, 3.63) is 78.4 Å². The highest BCUT2D eigenvalue weighted by Gasteiger charge is 2.21. The van der Waals surface area contributed by atoms with Crippen LogP contribution in [0.5, 0.6) is 5.75 Å². The Hall–Kier alpha value is -2.55. The Kier molecular flexibility index (Phi) is 4.99. The predicted octanol–water partition coefficient (Wildman–Crippen LogP) is 3.80. The van der Waals surface area contributed by atoms with Crippen LogP contribution < -0.4 is 10.1 Å². The lowest BCUT2D eigenvalue weighted by molar-refractivity contribution is -0.118. The molecule has 0 fully saturated rings. The number of benzene rings is 2. The summed E-state index contributed by atoms with van der Waals surface area (Å²) in [5, 5.41) is 2.90. The van der Waals surface area contributed by atoms with E-state index in [4.69, 9.17) is 4.74 Å². The lowest BCUT2D eigenvalue weighted by Crippen LogP contribution is -2.39. The fraction of sp³-hybridized carbons (Fsp3) is 0.211. The average Bonchev–Trinajstić information content (AvgIpc) is 2.54. The highest BCUT2D eigenvalue weighted by Crippen LogP contribution is 2.23. The van der Waals surface area contributed by atoms with E-state index in [0.717, 1.165) is 16.9 Å². The first-order chi connectivity index (χ1) is 10.5. The zero-order valence-corrected chi connectivity index (χ0v) is 13.0. The van der Waals surface area contributed by atoms with E-state index in [1.54, 1.807) is 0 Å². The van der Waals surface area contributed by atoms with Crippen molar-refractivity contribution in [3.8, 4) is 5.75 Å². The van der Waals surface area contributed by atoms with Crippen LogP contribution in [0.1, 0.15) is 25.0 Å². The quantitative estimate of drug-likeness (QED) is 0.823. The molecule has 2 aromatic rings. The Morgan fingerprint density at radius 1 is 1.14 bits per heavy atom. The molecule has 0 aliphatic carbocycles. The Labute approximate surface area is 131 Å². The topological polar surface area (TPSA) is 38.3 Å². The average molecular weight is 295 g/mol. The maximum absolute atomic E-state index is 11.5. The molecule has 0 saturated heterocycles. The summed E-state index contributed by atoms with van der Waals surface area (Å²) in [6.45, 7) is 7.92. The smallest absolute Gasteiger partial charge is 0.244 e. The Balaban J connectivity index is 2.00. The minimum absolute atomic E-state index is 0.186. The van der Waals surface area contributed by atoms with E-state index in [1.165, 1.54) is 6.08 Å². The third kappa shape index (κ3) is 4.22. The van der Waals surface area contributed by atoms with Crippen molar-refractivity contribution in [2.45, 2.75) is 26.0 Å². The van der Waals surface area contributed by atoms with Crippen molar-refractivity contribution in [2.24, 2.45) is 0 Å². The number of ether oxygens (including phenoxy) is 1. The lowest BCUT2D eigenvalue weighted by Gasteiger charge is -2.26. The fourth-order valence-corrected chi connectivity index (χ4v) is 2.14. The van der Waals surface area contributed by atoms with Gasteiger partial charge in [-0.1, -0.05) is 49.0 Å². The van der Waals surface area contributed by atoms with E-state index in [-0.39, 0.29) is 5.91 Å². The van der Waals surface area contributed by atoms with Gasteiger partial charge in [0.2, 0.25) is 5.91 Å². The van der Waals surface area contributed by atoms with Gasteiger partial charge in [0, 0.05) is 0 Å². The molecule has 2 aromatic carbocycles. The van der Waals surface area contributed by atoms with Gasteiger partial charge in [0.1, 0.15) is 12.4 Å². The highest BCUT2D eigenvalue weighted by atomic mass is 16.5. The third-order valence-electron chi connectivity index (χ3n) is 3.45. The molecule has 1 amide bonds. The Morgan fingerprint density at radius 2 is 1.77 bits per heavy atom. The van der Waals surface area contributed by atoms with Gasteiger partial charge in [-0.25, -0.2) is 0 Å². The highest BCUT2D eigenvalue weighted by molar-refractivity contribution is 5.87. The molecule has 3 heteroatoms. The van der Waals surface area contributed by atoms with Gasteiger partial charge in [0.25, 0.3) is 0 Å². The van der Waals surface area contributed by atoms with Gasteiger partial charge in [-0.05, 0) is 43.2 Å². The van der Waals surface area contributed by atoms with Crippen molar-refractivity contribution in [1.29, 1.82) is 0 Å². The molecule has 0 aliphatic rings. The fourth-order valence-electron chi connectivity index (χ4n) is 2.14. The van der Waals surface area contributed by atoms with Crippen molar-refractivity contribution in [1.82, 2.24) is 5.32 Å². The molecule has 0 aromatic heterocycles. The summed E-state index contributed by atoms with van der Waals surface area (Å²) < 4.78 is 5.76. The number of carbonyl (C=O) groups excluding carboxylic acids is 1. The third-order valence-corrected chi connectivity index (χ3v) is 3.45. The molecule has 0 spiro atoms. The van der Waals surface area contributed by atoms with Gasteiger partial charge < -0.3 is 10.1 Å². The molecule has 0 radical (unpaired) electrons. The summed E-state index contributed by atoms with van der Waals surface area (Å²) in [6.07, 6.45) is 1.28. The monoisotopic (exact) mass is 295 g/mol. The molecule has 0 saturated carbocycles. The van der Waals surface area contributed by atoms with E-state index in [0.29, 0.717) is 6.61 Å². The number of hydrogen-bond acceptors (Lipinski definition) is 2. The molecular weight excluding hydrogens is 274 g/mol. The zero-order valence-electron chi connectivity index (χ0n) is 13.0. The van der Waals surface area contributed by atoms with Crippen molar-refractivity contribution in [2.75, 3.05) is 0 Å². The number of carbonyl (C=O) groups is 1. The second kappa shape index (κ2) is 6.94. The van der Waals surface area contributed by atoms with Crippen molar-refractivity contribution < 1.29 is 9.53 Å². The first kappa shape index (κ1) is 15.8. The van der Waals surface area contributed by atoms with Gasteiger partial charge >= 0.3 is 0 Å². The number of nitrogens with one attached hydrogen (secondary N) is 1. The van der Waals surface area contributed by atoms with Crippen LogP contribution in [0.2, 0.25) is 0 Å². The van der Waals surface area contributed by atoms with Crippen molar-refractivity contribution >= 4 is 5.91 Å². The van der Waals surface area contributed by atoms with Crippen LogP contribution in [-0.2, 0) is 16.9 Å². The summed E-state index contributed by atoms with van der Waals surface area (Å²) in [7, 11) is 0. The number of amides is 1. The van der Waals surface area contributed by atoms with Gasteiger partial charge in [-0.2, -0.15) is 0 Å². The zero-order chi connectivity index (χ0) is 16.0. The van der Waals surface area contributed by atoms with E-state index in [1.807, 2.05) is 68.4 Å². The summed E-state index contributed by atoms with van der Waals surface area (Å²) >= 11 is 0. The van der Waals surface area contributed by atoms with Crippen LogP contribution in [0.4, 0.5) is 0 Å². The predicted molar refractivity (Wildman–Crippen MR) is 88.6 cm³/mol. The first-order valence-corrected chi connectivity index (χ1v) is 7.23. The summed E-state index contributed by atoms with van der Waals surface area (Å²) in [6, 6.07) is 17.8. The second-order valence-corrected chi connectivity index (χ2v) is 5.62. The van der Waals surface area contributed by atoms with E-state index in [2.05, 4.69) is 11.9 Å². The molecular formula is C19H21NO2. The maximum Gasteiger partial charge on any atom is 0.244 e. The molecule has 0 bridgehead atoms. The molecule has 3 nitrogen and oxygen atoms in total. The van der Waals surface area contributed by atoms with Gasteiger partial charge in [-0.15, -0.1) is 0 Å². The van der Waals surface area contributed by atoms with Crippen LogP contribution >= 0.6 is 0 Å². The van der Waals surface area contributed by atoms with E-state index < -0.39 is 5.54 Å². The molecule has 0 aliphatic heterocycles. The second-order valence-electron chi connectivity index (χ2n) is 5.62. The molecule has 2 rings (SSSR count). The Morgan fingerprint density at radius 3 is 2.36 bits per heavy atom. The number of hydrogen-bond donors (Lipinski definition) is 1. The lowest BCUT2D eigenvalue weighted by atomic mass is 9.94. The van der Waals surface area contributed by atoms with Crippen LogP contribution in [0.25, 0.3) is 0 Å². The Bertz CT molecular complexity index is 630. The van der Waals surface area contributed by atoms with Gasteiger partial charge in [0.15, 0.2) is 0 Å². The largest absolute Gasteiger partial charge is 0.489 e. The molecule has 0 unspecified atom stereocenters. The normalized spacial score (nSPS) is 10.8. The van der Waals surface area contributed by atoms with Crippen molar-refractivity contribution in [3.63, 3.8) is 0 Å². The first-order valence-electron chi connectivity index (χ1n) is 7.23. The van der Waals surface area contributed by atoms with Crippen LogP contribution in [-0.4, -0.2) is 5.91 Å². The summed E-state index contributed by atoms with van der Waals surface area (Å²) in [5.41, 5.74) is 1.68. The SMILES string of the molecule is C=CC(=O)NC(C)(C)c1ccc(OCc2ccccc2)cc1. The maximum atomic E-state index is 11.5.